The van der Waals surface area contributed by atoms with Gasteiger partial charge in [0.2, 0.25) is 5.91 Å². The van der Waals surface area contributed by atoms with Gasteiger partial charge in [-0.15, -0.1) is 0 Å². The number of nitrogens with zero attached hydrogens (tertiary/aromatic N) is 1. The summed E-state index contributed by atoms with van der Waals surface area (Å²) < 4.78 is 10.1. The summed E-state index contributed by atoms with van der Waals surface area (Å²) in [6.45, 7) is 2.55. The lowest BCUT2D eigenvalue weighted by molar-refractivity contribution is -0.146. The third-order valence-corrected chi connectivity index (χ3v) is 2.82. The molecular weight excluding hydrogens is 198 g/mol. The number of hydrogen-bond donors (Lipinski definition) is 0. The highest BCUT2D eigenvalue weighted by molar-refractivity contribution is 5.88. The van der Waals surface area contributed by atoms with Gasteiger partial charge >= 0.3 is 0 Å². The first-order valence-electron chi connectivity index (χ1n) is 5.23. The van der Waals surface area contributed by atoms with Crippen LogP contribution in [-0.4, -0.2) is 56.1 Å². The first kappa shape index (κ1) is 10.6. The number of carbonyl (C=O) groups is 2. The van der Waals surface area contributed by atoms with Crippen LogP contribution < -0.4 is 0 Å². The third kappa shape index (κ3) is 2.54. The Kier molecular flexibility index (Phi) is 3.33. The summed E-state index contributed by atoms with van der Waals surface area (Å²) in [5, 5.41) is 0. The molecule has 2 heterocycles. The van der Waals surface area contributed by atoms with E-state index in [4.69, 9.17) is 9.47 Å². The van der Waals surface area contributed by atoms with Crippen LogP contribution in [0.2, 0.25) is 0 Å². The van der Waals surface area contributed by atoms with Crippen LogP contribution in [-0.2, 0) is 19.1 Å². The monoisotopic (exact) mass is 213 g/mol. The van der Waals surface area contributed by atoms with Crippen molar-refractivity contribution >= 4 is 11.7 Å². The molecule has 0 N–H and O–H groups in total. The molecule has 0 radical (unpaired) electrons. The van der Waals surface area contributed by atoms with E-state index in [0.29, 0.717) is 26.4 Å². The molecule has 0 aromatic rings. The summed E-state index contributed by atoms with van der Waals surface area (Å²) >= 11 is 0. The average molecular weight is 213 g/mol. The fourth-order valence-electron chi connectivity index (χ4n) is 1.82. The smallest absolute Gasteiger partial charge is 0.249 e. The first-order valence-corrected chi connectivity index (χ1v) is 5.23. The standard InChI is InChI=1S/C10H15NO4/c12-9(8-1-3-14-6-8)5-11-2-4-15-7-10(11)13/h8H,1-7H2. The van der Waals surface area contributed by atoms with Crippen LogP contribution in [0.1, 0.15) is 6.42 Å². The molecule has 0 spiro atoms. The van der Waals surface area contributed by atoms with E-state index < -0.39 is 0 Å². The molecule has 1 amide bonds. The summed E-state index contributed by atoms with van der Waals surface area (Å²) in [5.41, 5.74) is 0. The summed E-state index contributed by atoms with van der Waals surface area (Å²) in [6.07, 6.45) is 0.789. The zero-order valence-corrected chi connectivity index (χ0v) is 8.61. The van der Waals surface area contributed by atoms with Crippen molar-refractivity contribution in [1.29, 1.82) is 0 Å². The lowest BCUT2D eigenvalue weighted by Crippen LogP contribution is -2.45. The molecule has 5 nitrogen and oxygen atoms in total. The van der Waals surface area contributed by atoms with Crippen LogP contribution in [0.5, 0.6) is 0 Å². The quantitative estimate of drug-likeness (QED) is 0.631. The number of hydrogen-bond acceptors (Lipinski definition) is 4. The fourth-order valence-corrected chi connectivity index (χ4v) is 1.82. The molecule has 84 valence electrons. The highest BCUT2D eigenvalue weighted by Gasteiger charge is 2.27. The Bertz CT molecular complexity index is 260. The van der Waals surface area contributed by atoms with Gasteiger partial charge in [0.1, 0.15) is 6.61 Å². The van der Waals surface area contributed by atoms with Crippen molar-refractivity contribution in [2.45, 2.75) is 6.42 Å². The van der Waals surface area contributed by atoms with Crippen LogP contribution >= 0.6 is 0 Å². The fraction of sp³-hybridized carbons (Fsp3) is 0.800. The zero-order chi connectivity index (χ0) is 10.7. The number of carbonyl (C=O) groups excluding carboxylic acids is 2. The molecule has 0 aromatic carbocycles. The Morgan fingerprint density at radius 3 is 2.93 bits per heavy atom. The second kappa shape index (κ2) is 4.72. The molecular formula is C10H15NO4. The minimum absolute atomic E-state index is 0.0133. The number of amides is 1. The minimum atomic E-state index is -0.0893. The van der Waals surface area contributed by atoms with Crippen LogP contribution in [0.4, 0.5) is 0 Å². The van der Waals surface area contributed by atoms with Crippen LogP contribution in [0.25, 0.3) is 0 Å². The molecule has 2 fully saturated rings. The van der Waals surface area contributed by atoms with Gasteiger partial charge < -0.3 is 14.4 Å². The number of morpholine rings is 1. The van der Waals surface area contributed by atoms with E-state index >= 15 is 0 Å². The second-order valence-electron chi connectivity index (χ2n) is 3.89. The summed E-state index contributed by atoms with van der Waals surface area (Å²) in [5.74, 6) is 0.0110. The van der Waals surface area contributed by atoms with Gasteiger partial charge in [0.25, 0.3) is 0 Å². The van der Waals surface area contributed by atoms with E-state index in [0.717, 1.165) is 6.42 Å². The van der Waals surface area contributed by atoms with E-state index in [1.54, 1.807) is 4.90 Å². The van der Waals surface area contributed by atoms with E-state index in [1.165, 1.54) is 0 Å². The lowest BCUT2D eigenvalue weighted by Gasteiger charge is -2.26. The molecule has 15 heavy (non-hydrogen) atoms. The van der Waals surface area contributed by atoms with Crippen molar-refractivity contribution < 1.29 is 19.1 Å². The van der Waals surface area contributed by atoms with Gasteiger partial charge in [-0.1, -0.05) is 0 Å². The molecule has 0 aliphatic carbocycles. The van der Waals surface area contributed by atoms with E-state index in [2.05, 4.69) is 0 Å². The SMILES string of the molecule is O=C(CN1CCOCC1=O)C1CCOC1. The van der Waals surface area contributed by atoms with Gasteiger partial charge in [0.05, 0.1) is 19.8 Å². The molecule has 1 atom stereocenters. The number of ether oxygens (including phenoxy) is 2. The number of rotatable bonds is 3. The lowest BCUT2D eigenvalue weighted by atomic mass is 10.0. The predicted octanol–water partition coefficient (Wildman–Crippen LogP) is -0.549. The number of Topliss-reactive ketones (excluding diaryl/α,β-unsaturated/α-hetero) is 1. The van der Waals surface area contributed by atoms with E-state index in [-0.39, 0.29) is 30.8 Å². The Morgan fingerprint density at radius 2 is 2.27 bits per heavy atom. The average Bonchev–Trinajstić information content (AvgIpc) is 2.74. The zero-order valence-electron chi connectivity index (χ0n) is 8.61. The highest BCUT2D eigenvalue weighted by Crippen LogP contribution is 2.14. The number of ketones is 1. The summed E-state index contributed by atoms with van der Waals surface area (Å²) in [7, 11) is 0. The largest absolute Gasteiger partial charge is 0.381 e. The van der Waals surface area contributed by atoms with Gasteiger partial charge in [-0.25, -0.2) is 0 Å². The molecule has 2 aliphatic heterocycles. The van der Waals surface area contributed by atoms with Crippen molar-refractivity contribution in [3.8, 4) is 0 Å². The summed E-state index contributed by atoms with van der Waals surface area (Å²) in [4.78, 5) is 24.7. The Morgan fingerprint density at radius 1 is 1.40 bits per heavy atom. The van der Waals surface area contributed by atoms with Crippen LogP contribution in [0.3, 0.4) is 0 Å². The maximum absolute atomic E-state index is 11.7. The maximum Gasteiger partial charge on any atom is 0.249 e. The van der Waals surface area contributed by atoms with Gasteiger partial charge in [-0.2, -0.15) is 0 Å². The molecule has 2 saturated heterocycles. The Labute approximate surface area is 88.3 Å². The molecule has 0 bridgehead atoms. The van der Waals surface area contributed by atoms with Crippen molar-refractivity contribution in [2.24, 2.45) is 5.92 Å². The normalized spacial score (nSPS) is 27.1. The van der Waals surface area contributed by atoms with Gasteiger partial charge in [-0.3, -0.25) is 9.59 Å². The molecule has 0 saturated carbocycles. The first-order chi connectivity index (χ1) is 7.27. The van der Waals surface area contributed by atoms with Crippen LogP contribution in [0, 0.1) is 5.92 Å². The van der Waals surface area contributed by atoms with Crippen molar-refractivity contribution in [2.75, 3.05) is 39.5 Å². The van der Waals surface area contributed by atoms with Gasteiger partial charge in [0, 0.05) is 19.1 Å². The molecule has 0 aromatic heterocycles. The second-order valence-corrected chi connectivity index (χ2v) is 3.89. The van der Waals surface area contributed by atoms with Crippen molar-refractivity contribution in [3.63, 3.8) is 0 Å². The summed E-state index contributed by atoms with van der Waals surface area (Å²) in [6, 6.07) is 0. The molecule has 2 rings (SSSR count). The van der Waals surface area contributed by atoms with Crippen LogP contribution in [0.15, 0.2) is 0 Å². The Hall–Kier alpha value is -0.940. The topological polar surface area (TPSA) is 55.8 Å². The molecule has 1 unspecified atom stereocenters. The highest BCUT2D eigenvalue weighted by atomic mass is 16.5. The molecule has 2 aliphatic rings. The molecule has 5 heteroatoms. The van der Waals surface area contributed by atoms with Gasteiger partial charge in [0.15, 0.2) is 5.78 Å². The van der Waals surface area contributed by atoms with E-state index in [9.17, 15) is 9.59 Å². The third-order valence-electron chi connectivity index (χ3n) is 2.82. The van der Waals surface area contributed by atoms with Crippen molar-refractivity contribution in [1.82, 2.24) is 4.90 Å². The maximum atomic E-state index is 11.7. The van der Waals surface area contributed by atoms with Gasteiger partial charge in [-0.05, 0) is 6.42 Å². The predicted molar refractivity (Wildman–Crippen MR) is 51.3 cm³/mol. The Balaban J connectivity index is 1.84. The minimum Gasteiger partial charge on any atom is -0.381 e. The van der Waals surface area contributed by atoms with E-state index in [1.807, 2.05) is 0 Å². The van der Waals surface area contributed by atoms with Crippen molar-refractivity contribution in [3.05, 3.63) is 0 Å².